The van der Waals surface area contributed by atoms with E-state index in [0.717, 1.165) is 0 Å². The lowest BCUT2D eigenvalue weighted by Crippen LogP contribution is -2.20. The van der Waals surface area contributed by atoms with Crippen LogP contribution in [-0.2, 0) is 13.0 Å². The maximum atomic E-state index is 13.6. The molecular formula is C11H10FN7O. The van der Waals surface area contributed by atoms with Crippen LogP contribution in [0, 0.1) is 5.82 Å². The molecular weight excluding hydrogens is 265 g/mol. The Kier molecular flexibility index (Phi) is 3.07. The molecule has 2 aromatic heterocycles. The van der Waals surface area contributed by atoms with Gasteiger partial charge >= 0.3 is 5.69 Å². The zero-order chi connectivity index (χ0) is 13.9. The van der Waals surface area contributed by atoms with Crippen LogP contribution in [0.5, 0.6) is 0 Å². The summed E-state index contributed by atoms with van der Waals surface area (Å²) in [7, 11) is 0. The maximum absolute atomic E-state index is 13.6. The molecule has 0 aliphatic heterocycles. The average Bonchev–Trinajstić information content (AvgIpc) is 3.06. The molecule has 2 heterocycles. The van der Waals surface area contributed by atoms with Gasteiger partial charge in [-0.05, 0) is 6.07 Å². The molecule has 0 saturated carbocycles. The monoisotopic (exact) mass is 275 g/mol. The Bertz CT molecular complexity index is 761. The zero-order valence-electron chi connectivity index (χ0n) is 10.2. The Morgan fingerprint density at radius 2 is 2.10 bits per heavy atom. The van der Waals surface area contributed by atoms with Crippen molar-refractivity contribution in [1.29, 1.82) is 0 Å². The van der Waals surface area contributed by atoms with Gasteiger partial charge in [-0.3, -0.25) is 4.57 Å². The molecule has 0 unspecified atom stereocenters. The summed E-state index contributed by atoms with van der Waals surface area (Å²) in [6.45, 7) is 0.0925. The lowest BCUT2D eigenvalue weighted by Gasteiger charge is -2.05. The van der Waals surface area contributed by atoms with E-state index < -0.39 is 5.69 Å². The molecule has 102 valence electrons. The summed E-state index contributed by atoms with van der Waals surface area (Å²) in [5.74, 6) is 0.449. The van der Waals surface area contributed by atoms with Crippen molar-refractivity contribution in [2.24, 2.45) is 0 Å². The second-order valence-corrected chi connectivity index (χ2v) is 4.13. The van der Waals surface area contributed by atoms with Crippen LogP contribution in [0.2, 0.25) is 0 Å². The second-order valence-electron chi connectivity index (χ2n) is 4.13. The summed E-state index contributed by atoms with van der Waals surface area (Å²) in [4.78, 5) is 11.7. The first-order chi connectivity index (χ1) is 9.74. The largest absolute Gasteiger partial charge is 0.343 e. The van der Waals surface area contributed by atoms with E-state index in [0.29, 0.717) is 17.2 Å². The number of nitrogens with one attached hydrogen (secondary N) is 2. The molecule has 0 amide bonds. The number of tetrazole rings is 1. The summed E-state index contributed by atoms with van der Waals surface area (Å²) in [6, 6.07) is 6.27. The van der Waals surface area contributed by atoms with Gasteiger partial charge in [0.05, 0.1) is 13.0 Å². The number of rotatable bonds is 4. The van der Waals surface area contributed by atoms with Crippen LogP contribution in [0.4, 0.5) is 4.39 Å². The number of hydrogen-bond donors (Lipinski definition) is 2. The fourth-order valence-electron chi connectivity index (χ4n) is 1.84. The third kappa shape index (κ3) is 2.32. The van der Waals surface area contributed by atoms with Crippen molar-refractivity contribution in [1.82, 2.24) is 35.4 Å². The van der Waals surface area contributed by atoms with E-state index in [-0.39, 0.29) is 18.8 Å². The first kappa shape index (κ1) is 12.2. The van der Waals surface area contributed by atoms with Gasteiger partial charge in [-0.2, -0.15) is 10.3 Å². The predicted octanol–water partition coefficient (Wildman–Crippen LogP) is -0.137. The maximum Gasteiger partial charge on any atom is 0.343 e. The van der Waals surface area contributed by atoms with Crippen molar-refractivity contribution in [2.75, 3.05) is 0 Å². The molecule has 3 aromatic rings. The van der Waals surface area contributed by atoms with Gasteiger partial charge in [-0.1, -0.05) is 23.4 Å². The van der Waals surface area contributed by atoms with Gasteiger partial charge in [0.2, 0.25) is 0 Å². The number of aromatic nitrogens is 7. The van der Waals surface area contributed by atoms with E-state index in [1.165, 1.54) is 10.6 Å². The van der Waals surface area contributed by atoms with Gasteiger partial charge in [0.15, 0.2) is 5.82 Å². The summed E-state index contributed by atoms with van der Waals surface area (Å²) >= 11 is 0. The van der Waals surface area contributed by atoms with Crippen molar-refractivity contribution < 1.29 is 4.39 Å². The molecule has 0 fully saturated rings. The van der Waals surface area contributed by atoms with E-state index in [1.54, 1.807) is 18.2 Å². The smallest absolute Gasteiger partial charge is 0.274 e. The van der Waals surface area contributed by atoms with Gasteiger partial charge in [0.1, 0.15) is 11.6 Å². The van der Waals surface area contributed by atoms with Gasteiger partial charge in [0, 0.05) is 5.56 Å². The number of hydrogen-bond acceptors (Lipinski definition) is 5. The molecule has 0 radical (unpaired) electrons. The molecule has 0 bridgehead atoms. The first-order valence-corrected chi connectivity index (χ1v) is 5.84. The molecule has 9 heteroatoms. The number of benzene rings is 1. The average molecular weight is 275 g/mol. The fourth-order valence-corrected chi connectivity index (χ4v) is 1.84. The van der Waals surface area contributed by atoms with Crippen LogP contribution in [0.25, 0.3) is 0 Å². The van der Waals surface area contributed by atoms with E-state index in [1.807, 2.05) is 0 Å². The molecule has 1 aromatic carbocycles. The highest BCUT2D eigenvalue weighted by atomic mass is 19.1. The molecule has 8 nitrogen and oxygen atoms in total. The summed E-state index contributed by atoms with van der Waals surface area (Å²) in [6.07, 6.45) is 0.226. The fraction of sp³-hybridized carbons (Fsp3) is 0.182. The van der Waals surface area contributed by atoms with Crippen LogP contribution < -0.4 is 5.69 Å². The molecule has 3 rings (SSSR count). The van der Waals surface area contributed by atoms with Crippen molar-refractivity contribution in [3.05, 3.63) is 57.8 Å². The van der Waals surface area contributed by atoms with Gasteiger partial charge in [-0.25, -0.2) is 14.3 Å². The van der Waals surface area contributed by atoms with Crippen LogP contribution in [0.3, 0.4) is 0 Å². The molecule has 0 atom stereocenters. The van der Waals surface area contributed by atoms with Crippen molar-refractivity contribution in [3.63, 3.8) is 0 Å². The SMILES string of the molecule is O=c1[nH]nc(Cc2nn[nH]n2)n1Cc1ccccc1F. The summed E-state index contributed by atoms with van der Waals surface area (Å²) in [5, 5.41) is 19.6. The number of H-pyrrole nitrogens is 2. The van der Waals surface area contributed by atoms with E-state index in [9.17, 15) is 9.18 Å². The van der Waals surface area contributed by atoms with E-state index in [4.69, 9.17) is 0 Å². The van der Waals surface area contributed by atoms with E-state index in [2.05, 4.69) is 30.8 Å². The lowest BCUT2D eigenvalue weighted by molar-refractivity contribution is 0.591. The van der Waals surface area contributed by atoms with Crippen molar-refractivity contribution >= 4 is 0 Å². The van der Waals surface area contributed by atoms with E-state index >= 15 is 0 Å². The minimum atomic E-state index is -0.410. The Labute approximate surface area is 111 Å². The molecule has 0 aliphatic rings. The molecule has 2 N–H and O–H groups in total. The third-order valence-corrected chi connectivity index (χ3v) is 2.83. The van der Waals surface area contributed by atoms with Crippen LogP contribution in [-0.4, -0.2) is 35.4 Å². The minimum Gasteiger partial charge on any atom is -0.274 e. The standard InChI is InChI=1S/C11H10FN7O/c12-8-4-2-1-3-7(8)6-19-10(15-16-11(19)20)5-9-13-17-18-14-9/h1-4H,5-6H2,(H,16,20)(H,13,14,17,18). The van der Waals surface area contributed by atoms with Crippen LogP contribution in [0.15, 0.2) is 29.1 Å². The topological polar surface area (TPSA) is 105 Å². The number of nitrogens with zero attached hydrogens (tertiary/aromatic N) is 5. The summed E-state index contributed by atoms with van der Waals surface area (Å²) in [5.41, 5.74) is -0.00268. The second kappa shape index (κ2) is 5.03. The Balaban J connectivity index is 1.92. The van der Waals surface area contributed by atoms with Crippen molar-refractivity contribution in [2.45, 2.75) is 13.0 Å². The molecule has 0 spiro atoms. The van der Waals surface area contributed by atoms with Crippen molar-refractivity contribution in [3.8, 4) is 0 Å². The zero-order valence-corrected chi connectivity index (χ0v) is 10.2. The number of aromatic amines is 2. The highest BCUT2D eigenvalue weighted by molar-refractivity contribution is 5.18. The Morgan fingerprint density at radius 3 is 2.85 bits per heavy atom. The normalized spacial score (nSPS) is 10.8. The number of halogens is 1. The lowest BCUT2D eigenvalue weighted by atomic mass is 10.2. The van der Waals surface area contributed by atoms with Gasteiger partial charge < -0.3 is 0 Å². The first-order valence-electron chi connectivity index (χ1n) is 5.84. The van der Waals surface area contributed by atoms with Gasteiger partial charge in [-0.15, -0.1) is 10.2 Å². The van der Waals surface area contributed by atoms with Gasteiger partial charge in [0.25, 0.3) is 0 Å². The molecule has 20 heavy (non-hydrogen) atoms. The quantitative estimate of drug-likeness (QED) is 0.689. The van der Waals surface area contributed by atoms with Crippen LogP contribution in [0.1, 0.15) is 17.2 Å². The predicted molar refractivity (Wildman–Crippen MR) is 65.3 cm³/mol. The Morgan fingerprint density at radius 1 is 1.25 bits per heavy atom. The highest BCUT2D eigenvalue weighted by Gasteiger charge is 2.13. The Hall–Kier alpha value is -2.84. The minimum absolute atomic E-state index is 0.0925. The molecule has 0 aliphatic carbocycles. The third-order valence-electron chi connectivity index (χ3n) is 2.83. The summed E-state index contributed by atoms with van der Waals surface area (Å²) < 4.78 is 15.0. The van der Waals surface area contributed by atoms with Crippen LogP contribution >= 0.6 is 0 Å². The highest BCUT2D eigenvalue weighted by Crippen LogP contribution is 2.09. The molecule has 0 saturated heterocycles.